The summed E-state index contributed by atoms with van der Waals surface area (Å²) in [6.45, 7) is 4.30. The molecular weight excluding hydrogens is 360 g/mol. The number of nitrogens with zero attached hydrogens (tertiary/aromatic N) is 2. The fourth-order valence-electron chi connectivity index (χ4n) is 2.68. The summed E-state index contributed by atoms with van der Waals surface area (Å²) in [6.07, 6.45) is 5.12. The number of para-hydroxylation sites is 1. The van der Waals surface area contributed by atoms with Crippen LogP contribution in [0.4, 0.5) is 10.5 Å². The Morgan fingerprint density at radius 1 is 1.11 bits per heavy atom. The lowest BCUT2D eigenvalue weighted by molar-refractivity contribution is -0.155. The van der Waals surface area contributed by atoms with Gasteiger partial charge in [-0.25, -0.2) is 14.9 Å². The SMILES string of the molecule is CCCCCC(CN(O)C=O)C(=O)NN(CCCC)C(=O)Nc1ccccc1. The highest BCUT2D eigenvalue weighted by Gasteiger charge is 2.24. The van der Waals surface area contributed by atoms with Crippen LogP contribution in [-0.2, 0) is 9.59 Å². The van der Waals surface area contributed by atoms with Crippen molar-refractivity contribution in [1.82, 2.24) is 15.5 Å². The topological polar surface area (TPSA) is 102 Å². The Hall–Kier alpha value is -2.61. The van der Waals surface area contributed by atoms with Gasteiger partial charge in [0.15, 0.2) is 0 Å². The molecule has 1 aromatic rings. The summed E-state index contributed by atoms with van der Waals surface area (Å²) >= 11 is 0. The van der Waals surface area contributed by atoms with Gasteiger partial charge in [-0.3, -0.25) is 20.2 Å². The Balaban J connectivity index is 2.79. The number of rotatable bonds is 12. The van der Waals surface area contributed by atoms with Crippen LogP contribution in [0.3, 0.4) is 0 Å². The Kier molecular flexibility index (Phi) is 11.3. The zero-order valence-electron chi connectivity index (χ0n) is 16.8. The normalized spacial score (nSPS) is 11.4. The zero-order chi connectivity index (χ0) is 20.8. The molecule has 8 nitrogen and oxygen atoms in total. The van der Waals surface area contributed by atoms with Crippen molar-refractivity contribution in [2.45, 2.75) is 52.4 Å². The molecule has 28 heavy (non-hydrogen) atoms. The van der Waals surface area contributed by atoms with E-state index in [1.54, 1.807) is 12.1 Å². The Morgan fingerprint density at radius 2 is 1.79 bits per heavy atom. The summed E-state index contributed by atoms with van der Waals surface area (Å²) in [5, 5.41) is 14.0. The van der Waals surface area contributed by atoms with E-state index in [0.717, 1.165) is 32.1 Å². The first-order chi connectivity index (χ1) is 13.5. The fraction of sp³-hybridized carbons (Fsp3) is 0.550. The Labute approximate surface area is 166 Å². The van der Waals surface area contributed by atoms with E-state index in [4.69, 9.17) is 0 Å². The van der Waals surface area contributed by atoms with Crippen molar-refractivity contribution in [2.75, 3.05) is 18.4 Å². The van der Waals surface area contributed by atoms with Crippen molar-refractivity contribution in [3.05, 3.63) is 30.3 Å². The van der Waals surface area contributed by atoms with Gasteiger partial charge in [0.2, 0.25) is 12.3 Å². The predicted molar refractivity (Wildman–Crippen MR) is 107 cm³/mol. The minimum absolute atomic E-state index is 0.110. The molecule has 1 rings (SSSR count). The number of hydrogen-bond acceptors (Lipinski definition) is 4. The van der Waals surface area contributed by atoms with Crippen LogP contribution in [0.5, 0.6) is 0 Å². The van der Waals surface area contributed by atoms with Gasteiger partial charge < -0.3 is 5.32 Å². The Bertz CT molecular complexity index is 597. The molecule has 0 saturated carbocycles. The van der Waals surface area contributed by atoms with Crippen LogP contribution in [-0.4, -0.2) is 46.7 Å². The zero-order valence-corrected chi connectivity index (χ0v) is 16.8. The number of urea groups is 1. The van der Waals surface area contributed by atoms with Crippen LogP contribution in [0.15, 0.2) is 30.3 Å². The molecule has 4 amide bonds. The van der Waals surface area contributed by atoms with Crippen molar-refractivity contribution in [1.29, 1.82) is 0 Å². The number of hydrazine groups is 1. The van der Waals surface area contributed by atoms with Gasteiger partial charge in [-0.05, 0) is 25.0 Å². The van der Waals surface area contributed by atoms with E-state index in [0.29, 0.717) is 23.7 Å². The molecule has 0 fully saturated rings. The van der Waals surface area contributed by atoms with Gasteiger partial charge in [-0.15, -0.1) is 0 Å². The van der Waals surface area contributed by atoms with Gasteiger partial charge in [-0.1, -0.05) is 57.7 Å². The maximum absolute atomic E-state index is 12.7. The number of hydrogen-bond donors (Lipinski definition) is 3. The summed E-state index contributed by atoms with van der Waals surface area (Å²) in [5.74, 6) is -0.994. The van der Waals surface area contributed by atoms with Crippen molar-refractivity contribution >= 4 is 24.0 Å². The lowest BCUT2D eigenvalue weighted by Crippen LogP contribution is -2.51. The highest BCUT2D eigenvalue weighted by Crippen LogP contribution is 2.13. The minimum atomic E-state index is -0.601. The third-order valence-electron chi connectivity index (χ3n) is 4.31. The first kappa shape index (κ1) is 23.4. The molecule has 1 aromatic carbocycles. The molecule has 0 aromatic heterocycles. The van der Waals surface area contributed by atoms with Crippen molar-refractivity contribution in [3.63, 3.8) is 0 Å². The second-order valence-corrected chi connectivity index (χ2v) is 6.70. The first-order valence-electron chi connectivity index (χ1n) is 9.86. The van der Waals surface area contributed by atoms with Gasteiger partial charge in [-0.2, -0.15) is 0 Å². The summed E-state index contributed by atoms with van der Waals surface area (Å²) < 4.78 is 0. The van der Waals surface area contributed by atoms with Crippen molar-refractivity contribution < 1.29 is 19.6 Å². The molecule has 156 valence electrons. The van der Waals surface area contributed by atoms with Gasteiger partial charge in [0.1, 0.15) is 0 Å². The van der Waals surface area contributed by atoms with E-state index < -0.39 is 17.9 Å². The average molecular weight is 393 g/mol. The molecule has 0 aliphatic rings. The quantitative estimate of drug-likeness (QED) is 0.220. The molecule has 0 saturated heterocycles. The van der Waals surface area contributed by atoms with Crippen molar-refractivity contribution in [3.8, 4) is 0 Å². The van der Waals surface area contributed by atoms with E-state index in [9.17, 15) is 19.6 Å². The van der Waals surface area contributed by atoms with Crippen molar-refractivity contribution in [2.24, 2.45) is 5.92 Å². The molecule has 3 N–H and O–H groups in total. The molecule has 0 radical (unpaired) electrons. The standard InChI is InChI=1S/C20H32N4O4/c1-3-5-8-11-17(15-23(28)16-25)19(26)22-24(14-6-4-2)20(27)21-18-12-9-7-10-13-18/h7,9-10,12-13,16-17,28H,3-6,8,11,14-15H2,1-2H3,(H,21,27)(H,22,26). The number of carbonyl (C=O) groups is 3. The van der Waals surface area contributed by atoms with Crippen LogP contribution in [0.25, 0.3) is 0 Å². The average Bonchev–Trinajstić information content (AvgIpc) is 2.70. The lowest BCUT2D eigenvalue weighted by Gasteiger charge is -2.27. The van der Waals surface area contributed by atoms with Crippen LogP contribution >= 0.6 is 0 Å². The molecule has 0 aliphatic heterocycles. The van der Waals surface area contributed by atoms with E-state index in [1.165, 1.54) is 5.01 Å². The number of anilines is 1. The minimum Gasteiger partial charge on any atom is -0.306 e. The third kappa shape index (κ3) is 8.85. The fourth-order valence-corrected chi connectivity index (χ4v) is 2.68. The molecule has 1 unspecified atom stereocenters. The van der Waals surface area contributed by atoms with E-state index >= 15 is 0 Å². The van der Waals surface area contributed by atoms with E-state index in [-0.39, 0.29) is 13.0 Å². The van der Waals surface area contributed by atoms with Gasteiger partial charge >= 0.3 is 6.03 Å². The maximum atomic E-state index is 12.7. The first-order valence-corrected chi connectivity index (χ1v) is 9.86. The second kappa shape index (κ2) is 13.5. The van der Waals surface area contributed by atoms with Crippen LogP contribution < -0.4 is 10.7 Å². The smallest absolute Gasteiger partial charge is 0.306 e. The number of nitrogens with one attached hydrogen (secondary N) is 2. The summed E-state index contributed by atoms with van der Waals surface area (Å²) in [4.78, 5) is 36.1. The molecule has 0 bridgehead atoms. The molecule has 1 atom stereocenters. The second-order valence-electron chi connectivity index (χ2n) is 6.70. The maximum Gasteiger partial charge on any atom is 0.340 e. The summed E-state index contributed by atoms with van der Waals surface area (Å²) in [6, 6.07) is 8.56. The molecule has 0 aliphatic carbocycles. The number of unbranched alkanes of at least 4 members (excludes halogenated alkanes) is 3. The van der Waals surface area contributed by atoms with E-state index in [1.807, 2.05) is 25.1 Å². The number of amides is 4. The lowest BCUT2D eigenvalue weighted by atomic mass is 10.0. The largest absolute Gasteiger partial charge is 0.340 e. The number of carbonyl (C=O) groups excluding carboxylic acids is 3. The number of benzene rings is 1. The van der Waals surface area contributed by atoms with Gasteiger partial charge in [0.05, 0.1) is 12.5 Å². The van der Waals surface area contributed by atoms with Crippen LogP contribution in [0.1, 0.15) is 52.4 Å². The van der Waals surface area contributed by atoms with Crippen LogP contribution in [0.2, 0.25) is 0 Å². The Morgan fingerprint density at radius 3 is 2.39 bits per heavy atom. The third-order valence-corrected chi connectivity index (χ3v) is 4.31. The van der Waals surface area contributed by atoms with Gasteiger partial charge in [0, 0.05) is 12.2 Å². The monoisotopic (exact) mass is 392 g/mol. The number of hydroxylamine groups is 2. The summed E-state index contributed by atoms with van der Waals surface area (Å²) in [7, 11) is 0. The van der Waals surface area contributed by atoms with E-state index in [2.05, 4.69) is 17.7 Å². The highest BCUT2D eigenvalue weighted by molar-refractivity contribution is 5.91. The highest BCUT2D eigenvalue weighted by atomic mass is 16.5. The molecule has 0 spiro atoms. The molecule has 0 heterocycles. The molecule has 8 heteroatoms. The predicted octanol–water partition coefficient (Wildman–Crippen LogP) is 3.40. The van der Waals surface area contributed by atoms with Gasteiger partial charge in [0.25, 0.3) is 0 Å². The summed E-state index contributed by atoms with van der Waals surface area (Å²) in [5.41, 5.74) is 3.29. The molecular formula is C20H32N4O4. The van der Waals surface area contributed by atoms with Crippen LogP contribution in [0, 0.1) is 5.92 Å².